The van der Waals surface area contributed by atoms with Crippen molar-refractivity contribution in [3.05, 3.63) is 23.4 Å². The Balaban J connectivity index is 2.02. The number of aryl methyl sites for hydroxylation is 1. The number of thioether (sulfide) groups is 1. The summed E-state index contributed by atoms with van der Waals surface area (Å²) in [6.45, 7) is 10.9. The van der Waals surface area contributed by atoms with Crippen LogP contribution in [0.1, 0.15) is 31.4 Å². The molecule has 1 aromatic rings. The minimum atomic E-state index is 0.709. The molecule has 1 atom stereocenters. The van der Waals surface area contributed by atoms with Crippen LogP contribution in [0.15, 0.2) is 12.3 Å². The third-order valence-corrected chi connectivity index (χ3v) is 4.54. The minimum absolute atomic E-state index is 0.709. The normalized spacial score (nSPS) is 19.7. The summed E-state index contributed by atoms with van der Waals surface area (Å²) in [4.78, 5) is 7.12. The molecule has 0 radical (unpaired) electrons. The summed E-state index contributed by atoms with van der Waals surface area (Å²) < 4.78 is 0. The predicted molar refractivity (Wildman–Crippen MR) is 85.1 cm³/mol. The van der Waals surface area contributed by atoms with Crippen molar-refractivity contribution < 1.29 is 0 Å². The second-order valence-electron chi connectivity index (χ2n) is 5.29. The maximum absolute atomic E-state index is 4.69. The number of rotatable bonds is 5. The number of pyridine rings is 1. The van der Waals surface area contributed by atoms with E-state index in [1.165, 1.54) is 29.1 Å². The molecular formula is C15H25N3S. The number of anilines is 1. The summed E-state index contributed by atoms with van der Waals surface area (Å²) in [5, 5.41) is 4.14. The van der Waals surface area contributed by atoms with Crippen LogP contribution in [0, 0.1) is 6.92 Å². The molecule has 2 rings (SSSR count). The number of nitrogens with one attached hydrogen (secondary N) is 1. The number of hydrogen-bond donors (Lipinski definition) is 1. The van der Waals surface area contributed by atoms with Gasteiger partial charge in [0.15, 0.2) is 0 Å². The van der Waals surface area contributed by atoms with E-state index in [1.807, 2.05) is 6.20 Å². The van der Waals surface area contributed by atoms with Gasteiger partial charge in [-0.15, -0.1) is 0 Å². The van der Waals surface area contributed by atoms with Gasteiger partial charge in [-0.2, -0.15) is 11.8 Å². The van der Waals surface area contributed by atoms with Crippen LogP contribution in [0.3, 0.4) is 0 Å². The fourth-order valence-corrected chi connectivity index (χ4v) is 3.49. The Kier molecular flexibility index (Phi) is 5.52. The van der Waals surface area contributed by atoms with E-state index in [0.717, 1.165) is 26.2 Å². The summed E-state index contributed by atoms with van der Waals surface area (Å²) >= 11 is 2.06. The average molecular weight is 279 g/mol. The van der Waals surface area contributed by atoms with Crippen LogP contribution in [0.2, 0.25) is 0 Å². The largest absolute Gasteiger partial charge is 0.354 e. The first-order valence-corrected chi connectivity index (χ1v) is 8.28. The highest BCUT2D eigenvalue weighted by Gasteiger charge is 2.19. The topological polar surface area (TPSA) is 28.2 Å². The number of nitrogens with zero attached hydrogens (tertiary/aromatic N) is 2. The first kappa shape index (κ1) is 14.7. The highest BCUT2D eigenvalue weighted by molar-refractivity contribution is 8.00. The zero-order valence-corrected chi connectivity index (χ0v) is 13.1. The van der Waals surface area contributed by atoms with Crippen LogP contribution < -0.4 is 10.2 Å². The molecule has 0 aromatic carbocycles. The second kappa shape index (κ2) is 7.15. The van der Waals surface area contributed by atoms with Gasteiger partial charge in [0.05, 0.1) is 0 Å². The summed E-state index contributed by atoms with van der Waals surface area (Å²) in [5.74, 6) is 2.38. The lowest BCUT2D eigenvalue weighted by molar-refractivity contribution is 0.672. The van der Waals surface area contributed by atoms with Crippen molar-refractivity contribution in [2.75, 3.05) is 30.3 Å². The maximum Gasteiger partial charge on any atom is 0.131 e. The van der Waals surface area contributed by atoms with E-state index in [4.69, 9.17) is 4.98 Å². The van der Waals surface area contributed by atoms with Crippen molar-refractivity contribution >= 4 is 17.6 Å². The zero-order valence-electron chi connectivity index (χ0n) is 12.3. The molecule has 3 nitrogen and oxygen atoms in total. The molecule has 1 N–H and O–H groups in total. The lowest BCUT2D eigenvalue weighted by atomic mass is 10.2. The molecule has 0 bridgehead atoms. The SMILES string of the molecule is CCCNCc1cnc(N2CCSC(C)C2)c(C)c1. The van der Waals surface area contributed by atoms with Gasteiger partial charge in [-0.25, -0.2) is 4.98 Å². The van der Waals surface area contributed by atoms with Gasteiger partial charge in [0, 0.05) is 36.8 Å². The molecule has 2 heterocycles. The van der Waals surface area contributed by atoms with Gasteiger partial charge in [-0.05, 0) is 37.1 Å². The van der Waals surface area contributed by atoms with Gasteiger partial charge in [-0.3, -0.25) is 0 Å². The van der Waals surface area contributed by atoms with Crippen LogP contribution in [0.25, 0.3) is 0 Å². The van der Waals surface area contributed by atoms with Gasteiger partial charge in [0.25, 0.3) is 0 Å². The van der Waals surface area contributed by atoms with Crippen LogP contribution in [-0.4, -0.2) is 35.6 Å². The van der Waals surface area contributed by atoms with Gasteiger partial charge in [0.2, 0.25) is 0 Å². The van der Waals surface area contributed by atoms with E-state index in [1.54, 1.807) is 0 Å². The van der Waals surface area contributed by atoms with Gasteiger partial charge < -0.3 is 10.2 Å². The molecule has 0 saturated carbocycles. The Morgan fingerprint density at radius 3 is 3.05 bits per heavy atom. The molecule has 4 heteroatoms. The van der Waals surface area contributed by atoms with Crippen molar-refractivity contribution in [1.82, 2.24) is 10.3 Å². The quantitative estimate of drug-likeness (QED) is 0.839. The standard InChI is InChI=1S/C15H25N3S/c1-4-5-16-9-14-8-12(2)15(17-10-14)18-6-7-19-13(3)11-18/h8,10,13,16H,4-7,9,11H2,1-3H3. The third kappa shape index (κ3) is 4.11. The van der Waals surface area contributed by atoms with E-state index in [9.17, 15) is 0 Å². The molecule has 1 aliphatic heterocycles. The summed E-state index contributed by atoms with van der Waals surface area (Å²) in [6.07, 6.45) is 3.20. The first-order valence-electron chi connectivity index (χ1n) is 7.23. The lowest BCUT2D eigenvalue weighted by Gasteiger charge is -2.32. The Morgan fingerprint density at radius 2 is 2.37 bits per heavy atom. The van der Waals surface area contributed by atoms with Crippen molar-refractivity contribution in [1.29, 1.82) is 0 Å². The van der Waals surface area contributed by atoms with E-state index in [-0.39, 0.29) is 0 Å². The summed E-state index contributed by atoms with van der Waals surface area (Å²) in [6, 6.07) is 2.28. The highest BCUT2D eigenvalue weighted by atomic mass is 32.2. The van der Waals surface area contributed by atoms with E-state index >= 15 is 0 Å². The van der Waals surface area contributed by atoms with Crippen LogP contribution in [0.5, 0.6) is 0 Å². The fourth-order valence-electron chi connectivity index (χ4n) is 2.47. The third-order valence-electron chi connectivity index (χ3n) is 3.40. The summed E-state index contributed by atoms with van der Waals surface area (Å²) in [5.41, 5.74) is 2.59. The van der Waals surface area contributed by atoms with E-state index in [2.05, 4.69) is 48.8 Å². The van der Waals surface area contributed by atoms with E-state index < -0.39 is 0 Å². The molecule has 106 valence electrons. The molecule has 0 aliphatic carbocycles. The van der Waals surface area contributed by atoms with E-state index in [0.29, 0.717) is 5.25 Å². The summed E-state index contributed by atoms with van der Waals surface area (Å²) in [7, 11) is 0. The lowest BCUT2D eigenvalue weighted by Crippen LogP contribution is -2.37. The molecular weight excluding hydrogens is 254 g/mol. The molecule has 19 heavy (non-hydrogen) atoms. The van der Waals surface area contributed by atoms with Crippen molar-refractivity contribution in [2.45, 2.75) is 39.0 Å². The average Bonchev–Trinajstić information content (AvgIpc) is 2.39. The first-order chi connectivity index (χ1) is 9.20. The number of hydrogen-bond acceptors (Lipinski definition) is 4. The highest BCUT2D eigenvalue weighted by Crippen LogP contribution is 2.25. The number of aromatic nitrogens is 1. The smallest absolute Gasteiger partial charge is 0.131 e. The molecule has 1 unspecified atom stereocenters. The van der Waals surface area contributed by atoms with Crippen molar-refractivity contribution in [3.63, 3.8) is 0 Å². The Hall–Kier alpha value is -0.740. The molecule has 0 spiro atoms. The van der Waals surface area contributed by atoms with Crippen LogP contribution in [-0.2, 0) is 6.54 Å². The van der Waals surface area contributed by atoms with Gasteiger partial charge in [-0.1, -0.05) is 13.8 Å². The maximum atomic E-state index is 4.69. The van der Waals surface area contributed by atoms with Crippen molar-refractivity contribution in [3.8, 4) is 0 Å². The zero-order chi connectivity index (χ0) is 13.7. The molecule has 1 saturated heterocycles. The molecule has 1 fully saturated rings. The molecule has 1 aliphatic rings. The van der Waals surface area contributed by atoms with Crippen molar-refractivity contribution in [2.24, 2.45) is 0 Å². The Morgan fingerprint density at radius 1 is 1.53 bits per heavy atom. The fraction of sp³-hybridized carbons (Fsp3) is 0.667. The predicted octanol–water partition coefficient (Wildman–Crippen LogP) is 2.83. The second-order valence-corrected chi connectivity index (χ2v) is 6.83. The minimum Gasteiger partial charge on any atom is -0.354 e. The Labute approximate surface area is 121 Å². The molecule has 0 amide bonds. The van der Waals surface area contributed by atoms with Crippen LogP contribution in [0.4, 0.5) is 5.82 Å². The Bertz CT molecular complexity index is 408. The van der Waals surface area contributed by atoms with Gasteiger partial charge in [0.1, 0.15) is 5.82 Å². The monoisotopic (exact) mass is 279 g/mol. The van der Waals surface area contributed by atoms with Crippen LogP contribution >= 0.6 is 11.8 Å². The van der Waals surface area contributed by atoms with Gasteiger partial charge >= 0.3 is 0 Å². The molecule has 1 aromatic heterocycles.